The maximum atomic E-state index is 12.9. The van der Waals surface area contributed by atoms with E-state index < -0.39 is 5.41 Å². The van der Waals surface area contributed by atoms with E-state index in [-0.39, 0.29) is 17.7 Å². The van der Waals surface area contributed by atoms with Crippen LogP contribution >= 0.6 is 11.6 Å². The molecular formula is C22H24ClN3O2. The molecule has 2 amide bonds. The number of rotatable bonds is 5. The molecule has 1 unspecified atom stereocenters. The summed E-state index contributed by atoms with van der Waals surface area (Å²) in [6, 6.07) is 11.2. The molecule has 1 saturated heterocycles. The van der Waals surface area contributed by atoms with Crippen LogP contribution in [0.3, 0.4) is 0 Å². The number of likely N-dealkylation sites (tertiary alicyclic amines) is 1. The first-order valence-electron chi connectivity index (χ1n) is 9.82. The van der Waals surface area contributed by atoms with Crippen molar-refractivity contribution in [3.63, 3.8) is 0 Å². The van der Waals surface area contributed by atoms with Gasteiger partial charge in [0, 0.05) is 37.1 Å². The molecule has 2 aliphatic rings. The van der Waals surface area contributed by atoms with Crippen LogP contribution in [0.15, 0.2) is 48.8 Å². The summed E-state index contributed by atoms with van der Waals surface area (Å²) < 4.78 is 0. The van der Waals surface area contributed by atoms with Crippen molar-refractivity contribution < 1.29 is 9.59 Å². The molecule has 146 valence electrons. The minimum atomic E-state index is -0.398. The Kier molecular flexibility index (Phi) is 5.36. The number of hydrogen-bond acceptors (Lipinski definition) is 3. The summed E-state index contributed by atoms with van der Waals surface area (Å²) in [6.07, 6.45) is 6.99. The van der Waals surface area contributed by atoms with Crippen LogP contribution in [0.5, 0.6) is 0 Å². The number of nitrogens with one attached hydrogen (secondary N) is 1. The highest BCUT2D eigenvalue weighted by atomic mass is 35.5. The van der Waals surface area contributed by atoms with Gasteiger partial charge in [-0.2, -0.15) is 0 Å². The fraction of sp³-hybridized carbons (Fsp3) is 0.409. The third-order valence-electron chi connectivity index (χ3n) is 5.85. The van der Waals surface area contributed by atoms with Gasteiger partial charge in [-0.1, -0.05) is 23.7 Å². The van der Waals surface area contributed by atoms with Crippen LogP contribution in [0.1, 0.15) is 41.6 Å². The number of aromatic nitrogens is 1. The third kappa shape index (κ3) is 3.90. The largest absolute Gasteiger partial charge is 0.355 e. The van der Waals surface area contributed by atoms with E-state index in [1.165, 1.54) is 0 Å². The molecule has 0 spiro atoms. The number of pyridine rings is 1. The van der Waals surface area contributed by atoms with Gasteiger partial charge in [0.15, 0.2) is 0 Å². The molecule has 2 heterocycles. The fourth-order valence-corrected chi connectivity index (χ4v) is 4.16. The van der Waals surface area contributed by atoms with Gasteiger partial charge in [0.05, 0.1) is 11.0 Å². The first-order chi connectivity index (χ1) is 13.6. The van der Waals surface area contributed by atoms with Crippen LogP contribution in [-0.4, -0.2) is 41.3 Å². The summed E-state index contributed by atoms with van der Waals surface area (Å²) in [5.74, 6) is 0.383. The highest BCUT2D eigenvalue weighted by molar-refractivity contribution is 6.30. The number of benzene rings is 1. The fourth-order valence-electron chi connectivity index (χ4n) is 4.03. The molecule has 1 N–H and O–H groups in total. The van der Waals surface area contributed by atoms with Gasteiger partial charge in [-0.25, -0.2) is 0 Å². The highest BCUT2D eigenvalue weighted by Gasteiger charge is 2.51. The van der Waals surface area contributed by atoms with E-state index in [0.29, 0.717) is 23.7 Å². The lowest BCUT2D eigenvalue weighted by molar-refractivity contribution is -0.123. The van der Waals surface area contributed by atoms with Crippen molar-refractivity contribution in [1.29, 1.82) is 0 Å². The van der Waals surface area contributed by atoms with E-state index >= 15 is 0 Å². The van der Waals surface area contributed by atoms with Crippen LogP contribution in [-0.2, 0) is 10.2 Å². The van der Waals surface area contributed by atoms with E-state index in [1.807, 2.05) is 29.2 Å². The van der Waals surface area contributed by atoms with E-state index in [4.69, 9.17) is 11.6 Å². The van der Waals surface area contributed by atoms with Crippen LogP contribution in [0.25, 0.3) is 0 Å². The average molecular weight is 398 g/mol. The maximum absolute atomic E-state index is 12.9. The van der Waals surface area contributed by atoms with Crippen molar-refractivity contribution in [2.24, 2.45) is 5.92 Å². The van der Waals surface area contributed by atoms with Crippen molar-refractivity contribution in [2.45, 2.75) is 31.1 Å². The van der Waals surface area contributed by atoms with Crippen LogP contribution in [0.2, 0.25) is 5.02 Å². The van der Waals surface area contributed by atoms with E-state index in [2.05, 4.69) is 10.3 Å². The molecule has 1 aromatic heterocycles. The Hall–Kier alpha value is -2.40. The summed E-state index contributed by atoms with van der Waals surface area (Å²) in [6.45, 7) is 2.03. The van der Waals surface area contributed by atoms with Gasteiger partial charge in [0.25, 0.3) is 5.91 Å². The number of hydrogen-bond donors (Lipinski definition) is 1. The Labute approximate surface area is 170 Å². The number of piperidine rings is 1. The average Bonchev–Trinajstić information content (AvgIpc) is 3.55. The summed E-state index contributed by atoms with van der Waals surface area (Å²) in [5.41, 5.74) is 1.25. The Morgan fingerprint density at radius 2 is 2.00 bits per heavy atom. The molecule has 0 bridgehead atoms. The van der Waals surface area contributed by atoms with Crippen molar-refractivity contribution in [3.05, 3.63) is 64.9 Å². The van der Waals surface area contributed by atoms with Gasteiger partial charge in [0.2, 0.25) is 5.91 Å². The van der Waals surface area contributed by atoms with Gasteiger partial charge in [-0.05, 0) is 61.4 Å². The second-order valence-electron chi connectivity index (χ2n) is 7.80. The Balaban J connectivity index is 1.34. The van der Waals surface area contributed by atoms with Gasteiger partial charge in [-0.15, -0.1) is 0 Å². The van der Waals surface area contributed by atoms with Gasteiger partial charge >= 0.3 is 0 Å². The summed E-state index contributed by atoms with van der Waals surface area (Å²) in [5, 5.41) is 3.83. The summed E-state index contributed by atoms with van der Waals surface area (Å²) >= 11 is 5.97. The Morgan fingerprint density at radius 3 is 2.68 bits per heavy atom. The second-order valence-corrected chi connectivity index (χ2v) is 8.24. The van der Waals surface area contributed by atoms with E-state index in [9.17, 15) is 9.59 Å². The molecule has 1 atom stereocenters. The molecule has 1 saturated carbocycles. The van der Waals surface area contributed by atoms with E-state index in [1.54, 1.807) is 24.5 Å². The number of nitrogens with zero attached hydrogens (tertiary/aromatic N) is 2. The van der Waals surface area contributed by atoms with Crippen molar-refractivity contribution in [1.82, 2.24) is 15.2 Å². The predicted molar refractivity (Wildman–Crippen MR) is 108 cm³/mol. The molecule has 28 heavy (non-hydrogen) atoms. The lowest BCUT2D eigenvalue weighted by Gasteiger charge is -2.33. The zero-order chi connectivity index (χ0) is 19.6. The van der Waals surface area contributed by atoms with Gasteiger partial charge < -0.3 is 10.2 Å². The van der Waals surface area contributed by atoms with Gasteiger partial charge in [-0.3, -0.25) is 14.6 Å². The van der Waals surface area contributed by atoms with Crippen molar-refractivity contribution in [3.8, 4) is 0 Å². The first kappa shape index (κ1) is 18.9. The van der Waals surface area contributed by atoms with E-state index in [0.717, 1.165) is 37.8 Å². The molecule has 1 aliphatic carbocycles. The highest BCUT2D eigenvalue weighted by Crippen LogP contribution is 2.48. The normalized spacial score (nSPS) is 20.5. The zero-order valence-corrected chi connectivity index (χ0v) is 16.5. The molecule has 5 nitrogen and oxygen atoms in total. The van der Waals surface area contributed by atoms with Crippen LogP contribution in [0.4, 0.5) is 0 Å². The minimum absolute atomic E-state index is 0.0175. The Morgan fingerprint density at radius 1 is 1.21 bits per heavy atom. The number of halogens is 1. The van der Waals surface area contributed by atoms with Crippen molar-refractivity contribution >= 4 is 23.4 Å². The molecular weight excluding hydrogens is 374 g/mol. The maximum Gasteiger partial charge on any atom is 0.255 e. The quantitative estimate of drug-likeness (QED) is 0.840. The number of amides is 2. The van der Waals surface area contributed by atoms with Crippen LogP contribution in [0, 0.1) is 5.92 Å². The minimum Gasteiger partial charge on any atom is -0.355 e. The molecule has 6 heteroatoms. The summed E-state index contributed by atoms with van der Waals surface area (Å²) in [7, 11) is 0. The molecule has 1 aliphatic heterocycles. The monoisotopic (exact) mass is 397 g/mol. The predicted octanol–water partition coefficient (Wildman–Crippen LogP) is 3.44. The van der Waals surface area contributed by atoms with Crippen LogP contribution < -0.4 is 5.32 Å². The molecule has 0 radical (unpaired) electrons. The molecule has 1 aromatic carbocycles. The van der Waals surface area contributed by atoms with Gasteiger partial charge in [0.1, 0.15) is 0 Å². The zero-order valence-electron chi connectivity index (χ0n) is 15.7. The SMILES string of the molecule is O=C(c1cccnc1)N1CCCC(CNC(=O)C2(c3ccc(Cl)cc3)CC2)C1. The second kappa shape index (κ2) is 7.92. The summed E-state index contributed by atoms with van der Waals surface area (Å²) in [4.78, 5) is 31.4. The standard InChI is InChI=1S/C22H24ClN3O2/c23-19-7-5-18(6-8-19)22(9-10-22)21(28)25-13-16-3-2-12-26(15-16)20(27)17-4-1-11-24-14-17/h1,4-8,11,14,16H,2-3,9-10,12-13,15H2,(H,25,28). The molecule has 2 aromatic rings. The topological polar surface area (TPSA) is 62.3 Å². The molecule has 4 rings (SSSR count). The first-order valence-corrected chi connectivity index (χ1v) is 10.2. The molecule has 2 fully saturated rings. The number of carbonyl (C=O) groups excluding carboxylic acids is 2. The lowest BCUT2D eigenvalue weighted by atomic mass is 9.93. The Bertz CT molecular complexity index is 850. The third-order valence-corrected chi connectivity index (χ3v) is 6.10. The lowest BCUT2D eigenvalue weighted by Crippen LogP contribution is -2.45. The smallest absolute Gasteiger partial charge is 0.255 e. The van der Waals surface area contributed by atoms with Crippen molar-refractivity contribution in [2.75, 3.05) is 19.6 Å². The number of carbonyl (C=O) groups is 2.